The molecule has 4 rings (SSSR count). The molecule has 1 amide bonds. The van der Waals surface area contributed by atoms with E-state index in [0.29, 0.717) is 11.9 Å². The van der Waals surface area contributed by atoms with Crippen molar-refractivity contribution in [3.63, 3.8) is 0 Å². The molecule has 0 aromatic carbocycles. The molecule has 6 unspecified atom stereocenters. The summed E-state index contributed by atoms with van der Waals surface area (Å²) in [4.78, 5) is 13.8. The summed E-state index contributed by atoms with van der Waals surface area (Å²) in [5.41, 5.74) is 0. The molecule has 1 saturated heterocycles. The van der Waals surface area contributed by atoms with Crippen LogP contribution in [0.15, 0.2) is 0 Å². The molecule has 20 heavy (non-hydrogen) atoms. The van der Waals surface area contributed by atoms with Crippen molar-refractivity contribution in [1.29, 1.82) is 0 Å². The Morgan fingerprint density at radius 3 is 2.85 bits per heavy atom. The lowest BCUT2D eigenvalue weighted by Gasteiger charge is -2.34. The van der Waals surface area contributed by atoms with Crippen LogP contribution in [-0.2, 0) is 4.79 Å². The zero-order chi connectivity index (χ0) is 13.7. The number of nitrogens with zero attached hydrogens (tertiary/aromatic N) is 1. The molecule has 2 bridgehead atoms. The second-order valence-electron chi connectivity index (χ2n) is 7.77. The van der Waals surface area contributed by atoms with Crippen molar-refractivity contribution in [3.05, 3.63) is 0 Å². The van der Waals surface area contributed by atoms with Crippen LogP contribution in [0.2, 0.25) is 0 Å². The maximum absolute atomic E-state index is 11.7. The molecule has 4 fully saturated rings. The number of hydrogen-bond donors (Lipinski definition) is 1. The highest BCUT2D eigenvalue weighted by molar-refractivity contribution is 5.78. The summed E-state index contributed by atoms with van der Waals surface area (Å²) in [5, 5.41) is 3.88. The molecule has 3 aliphatic carbocycles. The second-order valence-corrected chi connectivity index (χ2v) is 7.77. The quantitative estimate of drug-likeness (QED) is 0.855. The van der Waals surface area contributed by atoms with Crippen molar-refractivity contribution >= 4 is 5.91 Å². The highest BCUT2D eigenvalue weighted by Crippen LogP contribution is 2.58. The Labute approximate surface area is 122 Å². The number of likely N-dealkylation sites (tertiary alicyclic amines) is 1. The second kappa shape index (κ2) is 5.01. The van der Waals surface area contributed by atoms with Crippen molar-refractivity contribution in [3.8, 4) is 0 Å². The SMILES string of the molecule is CC(CN1CCCC1=O)NC1CC2CC1C1CCCC21. The summed E-state index contributed by atoms with van der Waals surface area (Å²) in [6.45, 7) is 4.16. The average molecular weight is 276 g/mol. The Hall–Kier alpha value is -0.570. The van der Waals surface area contributed by atoms with Gasteiger partial charge in [0.25, 0.3) is 0 Å². The molecular weight excluding hydrogens is 248 g/mol. The first kappa shape index (κ1) is 13.1. The third-order valence-corrected chi connectivity index (χ3v) is 6.59. The molecule has 112 valence electrons. The fourth-order valence-corrected chi connectivity index (χ4v) is 5.91. The van der Waals surface area contributed by atoms with E-state index in [4.69, 9.17) is 0 Å². The molecule has 3 heteroatoms. The van der Waals surface area contributed by atoms with Gasteiger partial charge in [-0.1, -0.05) is 6.42 Å². The molecule has 4 aliphatic rings. The van der Waals surface area contributed by atoms with Crippen LogP contribution < -0.4 is 5.32 Å². The minimum absolute atomic E-state index is 0.363. The van der Waals surface area contributed by atoms with Gasteiger partial charge in [0.15, 0.2) is 0 Å². The van der Waals surface area contributed by atoms with Gasteiger partial charge in [-0.05, 0) is 62.7 Å². The Bertz CT molecular complexity index is 396. The minimum atomic E-state index is 0.363. The minimum Gasteiger partial charge on any atom is -0.341 e. The summed E-state index contributed by atoms with van der Waals surface area (Å²) < 4.78 is 0. The molecule has 0 radical (unpaired) electrons. The Balaban J connectivity index is 1.32. The Morgan fingerprint density at radius 2 is 2.05 bits per heavy atom. The maximum atomic E-state index is 11.7. The Morgan fingerprint density at radius 1 is 1.20 bits per heavy atom. The largest absolute Gasteiger partial charge is 0.341 e. The molecule has 1 aliphatic heterocycles. The number of amides is 1. The van der Waals surface area contributed by atoms with Crippen LogP contribution in [0.3, 0.4) is 0 Å². The van der Waals surface area contributed by atoms with Crippen LogP contribution in [0, 0.1) is 23.7 Å². The van der Waals surface area contributed by atoms with Crippen molar-refractivity contribution in [2.24, 2.45) is 23.7 Å². The van der Waals surface area contributed by atoms with Crippen LogP contribution in [0.1, 0.15) is 51.9 Å². The predicted molar refractivity (Wildman–Crippen MR) is 79.2 cm³/mol. The predicted octanol–water partition coefficient (Wildman–Crippen LogP) is 2.41. The van der Waals surface area contributed by atoms with Gasteiger partial charge in [-0.15, -0.1) is 0 Å². The van der Waals surface area contributed by atoms with E-state index in [2.05, 4.69) is 17.1 Å². The lowest BCUT2D eigenvalue weighted by molar-refractivity contribution is -0.128. The van der Waals surface area contributed by atoms with E-state index in [1.54, 1.807) is 0 Å². The highest BCUT2D eigenvalue weighted by atomic mass is 16.2. The van der Waals surface area contributed by atoms with E-state index >= 15 is 0 Å². The van der Waals surface area contributed by atoms with Gasteiger partial charge in [-0.2, -0.15) is 0 Å². The van der Waals surface area contributed by atoms with E-state index in [9.17, 15) is 4.79 Å². The monoisotopic (exact) mass is 276 g/mol. The first-order valence-electron chi connectivity index (χ1n) is 8.76. The topological polar surface area (TPSA) is 32.3 Å². The van der Waals surface area contributed by atoms with E-state index < -0.39 is 0 Å². The van der Waals surface area contributed by atoms with Gasteiger partial charge in [-0.25, -0.2) is 0 Å². The Kier molecular flexibility index (Phi) is 3.29. The smallest absolute Gasteiger partial charge is 0.222 e. The molecule has 0 aromatic heterocycles. The summed E-state index contributed by atoms with van der Waals surface area (Å²) in [5.74, 6) is 4.44. The van der Waals surface area contributed by atoms with E-state index in [-0.39, 0.29) is 0 Å². The van der Waals surface area contributed by atoms with Crippen LogP contribution in [0.5, 0.6) is 0 Å². The third kappa shape index (κ3) is 2.09. The number of fused-ring (bicyclic) bond motifs is 5. The van der Waals surface area contributed by atoms with E-state index in [1.165, 1.54) is 32.1 Å². The summed E-state index contributed by atoms with van der Waals surface area (Å²) in [7, 11) is 0. The highest BCUT2D eigenvalue weighted by Gasteiger charge is 2.53. The van der Waals surface area contributed by atoms with Crippen molar-refractivity contribution < 1.29 is 4.79 Å². The number of rotatable bonds is 4. The van der Waals surface area contributed by atoms with Crippen LogP contribution in [0.4, 0.5) is 0 Å². The third-order valence-electron chi connectivity index (χ3n) is 6.59. The fraction of sp³-hybridized carbons (Fsp3) is 0.941. The maximum Gasteiger partial charge on any atom is 0.222 e. The van der Waals surface area contributed by atoms with Gasteiger partial charge in [0.2, 0.25) is 5.91 Å². The van der Waals surface area contributed by atoms with Crippen molar-refractivity contribution in [2.75, 3.05) is 13.1 Å². The zero-order valence-electron chi connectivity index (χ0n) is 12.7. The molecule has 0 spiro atoms. The van der Waals surface area contributed by atoms with Crippen LogP contribution in [0.25, 0.3) is 0 Å². The summed E-state index contributed by atoms with van der Waals surface area (Å²) in [6.07, 6.45) is 9.20. The van der Waals surface area contributed by atoms with E-state index in [0.717, 1.165) is 55.6 Å². The lowest BCUT2D eigenvalue weighted by atomic mass is 9.79. The number of nitrogens with one attached hydrogen (secondary N) is 1. The first-order chi connectivity index (χ1) is 9.72. The van der Waals surface area contributed by atoms with Gasteiger partial charge >= 0.3 is 0 Å². The lowest BCUT2D eigenvalue weighted by Crippen LogP contribution is -2.48. The standard InChI is InChI=1S/C17H28N2O/c1-11(10-19-7-3-6-17(19)20)18-16-9-12-8-15(16)14-5-2-4-13(12)14/h11-16,18H,2-10H2,1H3. The number of hydrogen-bond acceptors (Lipinski definition) is 2. The van der Waals surface area contributed by atoms with Gasteiger partial charge in [-0.3, -0.25) is 4.79 Å². The molecule has 3 nitrogen and oxygen atoms in total. The normalized spacial score (nSPS) is 44.4. The van der Waals surface area contributed by atoms with Crippen LogP contribution >= 0.6 is 0 Å². The fourth-order valence-electron chi connectivity index (χ4n) is 5.91. The average Bonchev–Trinajstić information content (AvgIpc) is 3.12. The zero-order valence-corrected chi connectivity index (χ0v) is 12.7. The summed E-state index contributed by atoms with van der Waals surface area (Å²) >= 11 is 0. The van der Waals surface area contributed by atoms with Crippen molar-refractivity contribution in [2.45, 2.75) is 64.0 Å². The van der Waals surface area contributed by atoms with E-state index in [1.807, 2.05) is 0 Å². The molecule has 1 heterocycles. The molecule has 3 saturated carbocycles. The van der Waals surface area contributed by atoms with Gasteiger partial charge < -0.3 is 10.2 Å². The molecule has 6 atom stereocenters. The van der Waals surface area contributed by atoms with Crippen LogP contribution in [-0.4, -0.2) is 36.0 Å². The molecule has 0 aromatic rings. The number of carbonyl (C=O) groups is 1. The first-order valence-corrected chi connectivity index (χ1v) is 8.76. The molecular formula is C17H28N2O. The van der Waals surface area contributed by atoms with Crippen molar-refractivity contribution in [1.82, 2.24) is 10.2 Å². The number of carbonyl (C=O) groups excluding carboxylic acids is 1. The van der Waals surface area contributed by atoms with Gasteiger partial charge in [0.1, 0.15) is 0 Å². The van der Waals surface area contributed by atoms with Gasteiger partial charge in [0.05, 0.1) is 0 Å². The van der Waals surface area contributed by atoms with Gasteiger partial charge in [0, 0.05) is 31.6 Å². The summed E-state index contributed by atoms with van der Waals surface area (Å²) in [6, 6.07) is 1.20. The molecule has 1 N–H and O–H groups in total.